The van der Waals surface area contributed by atoms with Crippen molar-refractivity contribution in [3.8, 4) is 0 Å². The quantitative estimate of drug-likeness (QED) is 0.764. The molecule has 2 N–H and O–H groups in total. The number of aromatic nitrogens is 2. The lowest BCUT2D eigenvalue weighted by Gasteiger charge is -2.27. The van der Waals surface area contributed by atoms with Gasteiger partial charge < -0.3 is 15.3 Å². The van der Waals surface area contributed by atoms with E-state index in [-0.39, 0.29) is 12.5 Å². The Morgan fingerprint density at radius 3 is 2.65 bits per heavy atom. The Balaban J connectivity index is 2.69. The Morgan fingerprint density at radius 1 is 1.50 bits per heavy atom. The summed E-state index contributed by atoms with van der Waals surface area (Å²) in [6, 6.07) is 1.81. The molecule has 0 bridgehead atoms. The summed E-state index contributed by atoms with van der Waals surface area (Å²) in [5.41, 5.74) is 0.492. The first-order valence-electron chi connectivity index (χ1n) is 7.01. The first kappa shape index (κ1) is 16.7. The van der Waals surface area contributed by atoms with Crippen molar-refractivity contribution in [3.05, 3.63) is 17.5 Å². The minimum absolute atomic E-state index is 0.196. The molecular weight excluding hydrogens is 256 g/mol. The van der Waals surface area contributed by atoms with Crippen LogP contribution in [0.4, 0.5) is 0 Å². The van der Waals surface area contributed by atoms with Gasteiger partial charge >= 0.3 is 0 Å². The molecule has 6 heteroatoms. The van der Waals surface area contributed by atoms with Crippen molar-refractivity contribution in [2.24, 2.45) is 0 Å². The molecule has 0 fully saturated rings. The second-order valence-corrected chi connectivity index (χ2v) is 5.61. The SMILES string of the molecule is CCc1cc(C(=O)NCC(C)(O)CN(C)C)n(CC)n1. The molecule has 1 aromatic heterocycles. The molecule has 0 radical (unpaired) electrons. The maximum Gasteiger partial charge on any atom is 0.269 e. The second kappa shape index (κ2) is 6.85. The number of aliphatic hydroxyl groups is 1. The number of nitrogens with one attached hydrogen (secondary N) is 1. The monoisotopic (exact) mass is 282 g/mol. The van der Waals surface area contributed by atoms with Gasteiger partial charge in [0.05, 0.1) is 11.3 Å². The third kappa shape index (κ3) is 4.61. The topological polar surface area (TPSA) is 70.4 Å². The van der Waals surface area contributed by atoms with Crippen molar-refractivity contribution in [3.63, 3.8) is 0 Å². The molecule has 0 aliphatic heterocycles. The van der Waals surface area contributed by atoms with Crippen LogP contribution in [0, 0.1) is 0 Å². The van der Waals surface area contributed by atoms with E-state index in [1.807, 2.05) is 32.8 Å². The molecule has 1 heterocycles. The number of likely N-dealkylation sites (N-methyl/N-ethyl adjacent to an activating group) is 1. The molecular formula is C14H26N4O2. The first-order valence-corrected chi connectivity index (χ1v) is 7.01. The van der Waals surface area contributed by atoms with E-state index >= 15 is 0 Å². The fourth-order valence-electron chi connectivity index (χ4n) is 2.17. The number of hydrogen-bond donors (Lipinski definition) is 2. The Labute approximate surface area is 120 Å². The highest BCUT2D eigenvalue weighted by Gasteiger charge is 2.23. The second-order valence-electron chi connectivity index (χ2n) is 5.61. The van der Waals surface area contributed by atoms with E-state index in [0.717, 1.165) is 12.1 Å². The minimum atomic E-state index is -0.955. The number of amides is 1. The molecule has 114 valence electrons. The van der Waals surface area contributed by atoms with Gasteiger partial charge in [-0.2, -0.15) is 5.10 Å². The van der Waals surface area contributed by atoms with Crippen molar-refractivity contribution in [2.75, 3.05) is 27.2 Å². The Kier molecular flexibility index (Phi) is 5.71. The summed E-state index contributed by atoms with van der Waals surface area (Å²) in [7, 11) is 3.77. The van der Waals surface area contributed by atoms with Gasteiger partial charge in [-0.05, 0) is 40.4 Å². The van der Waals surface area contributed by atoms with Gasteiger partial charge in [0.25, 0.3) is 5.91 Å². The molecule has 1 aromatic rings. The Hall–Kier alpha value is -1.40. The zero-order valence-corrected chi connectivity index (χ0v) is 13.1. The van der Waals surface area contributed by atoms with Crippen LogP contribution < -0.4 is 5.32 Å². The lowest BCUT2D eigenvalue weighted by atomic mass is 10.1. The highest BCUT2D eigenvalue weighted by atomic mass is 16.3. The molecule has 1 atom stereocenters. The summed E-state index contributed by atoms with van der Waals surface area (Å²) in [5, 5.41) is 17.3. The molecule has 1 unspecified atom stereocenters. The third-order valence-corrected chi connectivity index (χ3v) is 3.01. The molecule has 0 aliphatic carbocycles. The number of rotatable bonds is 7. The van der Waals surface area contributed by atoms with Gasteiger partial charge in [0.1, 0.15) is 5.69 Å². The average molecular weight is 282 g/mol. The van der Waals surface area contributed by atoms with E-state index in [2.05, 4.69) is 10.4 Å². The lowest BCUT2D eigenvalue weighted by Crippen LogP contribution is -2.47. The summed E-state index contributed by atoms with van der Waals surface area (Å²) in [5.74, 6) is -0.196. The number of hydrogen-bond acceptors (Lipinski definition) is 4. The number of carbonyl (C=O) groups excluding carboxylic acids is 1. The summed E-state index contributed by atoms with van der Waals surface area (Å²) in [6.45, 7) is 7.01. The number of nitrogens with zero attached hydrogens (tertiary/aromatic N) is 3. The van der Waals surface area contributed by atoms with Crippen LogP contribution in [0.2, 0.25) is 0 Å². The third-order valence-electron chi connectivity index (χ3n) is 3.01. The van der Waals surface area contributed by atoms with Crippen LogP contribution in [0.3, 0.4) is 0 Å². The van der Waals surface area contributed by atoms with Crippen LogP contribution in [0.15, 0.2) is 6.07 Å². The lowest BCUT2D eigenvalue weighted by molar-refractivity contribution is 0.0324. The van der Waals surface area contributed by atoms with Crippen molar-refractivity contribution < 1.29 is 9.90 Å². The molecule has 0 aliphatic rings. The molecule has 0 saturated heterocycles. The minimum Gasteiger partial charge on any atom is -0.387 e. The van der Waals surface area contributed by atoms with Crippen molar-refractivity contribution >= 4 is 5.91 Å². The van der Waals surface area contributed by atoms with Crippen LogP contribution in [0.25, 0.3) is 0 Å². The van der Waals surface area contributed by atoms with Crippen LogP contribution in [0.1, 0.15) is 37.0 Å². The summed E-state index contributed by atoms with van der Waals surface area (Å²) >= 11 is 0. The largest absolute Gasteiger partial charge is 0.387 e. The van der Waals surface area contributed by atoms with Gasteiger partial charge in [-0.1, -0.05) is 6.92 Å². The number of carbonyl (C=O) groups is 1. The zero-order chi connectivity index (χ0) is 15.3. The van der Waals surface area contributed by atoms with Crippen LogP contribution in [-0.4, -0.2) is 58.5 Å². The van der Waals surface area contributed by atoms with Crippen molar-refractivity contribution in [1.29, 1.82) is 0 Å². The summed E-state index contributed by atoms with van der Waals surface area (Å²) in [6.07, 6.45) is 0.797. The predicted octanol–water partition coefficient (Wildman–Crippen LogP) is 0.508. The Morgan fingerprint density at radius 2 is 2.15 bits per heavy atom. The Bertz CT molecular complexity index is 452. The van der Waals surface area contributed by atoms with E-state index < -0.39 is 5.60 Å². The van der Waals surface area contributed by atoms with Gasteiger partial charge in [-0.3, -0.25) is 9.48 Å². The number of aryl methyl sites for hydroxylation is 2. The molecule has 20 heavy (non-hydrogen) atoms. The molecule has 0 saturated carbocycles. The van der Waals surface area contributed by atoms with Crippen molar-refractivity contribution in [2.45, 2.75) is 39.3 Å². The van der Waals surface area contributed by atoms with Gasteiger partial charge in [-0.25, -0.2) is 0 Å². The molecule has 6 nitrogen and oxygen atoms in total. The fourth-order valence-corrected chi connectivity index (χ4v) is 2.17. The normalized spacial score (nSPS) is 14.3. The summed E-state index contributed by atoms with van der Waals surface area (Å²) in [4.78, 5) is 14.1. The molecule has 0 spiro atoms. The van der Waals surface area contributed by atoms with Gasteiger partial charge in [0, 0.05) is 19.6 Å². The maximum absolute atomic E-state index is 12.2. The van der Waals surface area contributed by atoms with Crippen LogP contribution in [0.5, 0.6) is 0 Å². The molecule has 1 amide bonds. The zero-order valence-electron chi connectivity index (χ0n) is 13.1. The van der Waals surface area contributed by atoms with Gasteiger partial charge in [0.15, 0.2) is 0 Å². The van der Waals surface area contributed by atoms with E-state index in [9.17, 15) is 9.90 Å². The van der Waals surface area contributed by atoms with Gasteiger partial charge in [-0.15, -0.1) is 0 Å². The smallest absolute Gasteiger partial charge is 0.269 e. The van der Waals surface area contributed by atoms with Crippen LogP contribution >= 0.6 is 0 Å². The van der Waals surface area contributed by atoms with E-state index in [1.165, 1.54) is 0 Å². The molecule has 1 rings (SSSR count). The highest BCUT2D eigenvalue weighted by Crippen LogP contribution is 2.07. The fraction of sp³-hybridized carbons (Fsp3) is 0.714. The first-order chi connectivity index (χ1) is 9.29. The highest BCUT2D eigenvalue weighted by molar-refractivity contribution is 5.92. The summed E-state index contributed by atoms with van der Waals surface area (Å²) < 4.78 is 1.69. The van der Waals surface area contributed by atoms with E-state index in [1.54, 1.807) is 17.7 Å². The average Bonchev–Trinajstić information content (AvgIpc) is 2.77. The van der Waals surface area contributed by atoms with E-state index in [4.69, 9.17) is 0 Å². The van der Waals surface area contributed by atoms with Crippen LogP contribution in [-0.2, 0) is 13.0 Å². The standard InChI is InChI=1S/C14H26N4O2/c1-6-11-8-12(18(7-2)16-11)13(19)15-9-14(3,20)10-17(4)5/h8,20H,6-7,9-10H2,1-5H3,(H,15,19). The maximum atomic E-state index is 12.2. The predicted molar refractivity (Wildman–Crippen MR) is 78.8 cm³/mol. The van der Waals surface area contributed by atoms with Gasteiger partial charge in [0.2, 0.25) is 0 Å². The molecule has 0 aromatic carbocycles. The van der Waals surface area contributed by atoms with Crippen molar-refractivity contribution in [1.82, 2.24) is 20.0 Å². The van der Waals surface area contributed by atoms with E-state index in [0.29, 0.717) is 18.8 Å².